The maximum Gasteiger partial charge on any atom is 0.261 e. The minimum absolute atomic E-state index is 0.0655. The first-order valence-electron chi connectivity index (χ1n) is 6.63. The Bertz CT molecular complexity index is 558. The largest absolute Gasteiger partial charge is 0.394 e. The van der Waals surface area contributed by atoms with E-state index < -0.39 is 0 Å². The number of hydrogen-bond donors (Lipinski definition) is 2. The van der Waals surface area contributed by atoms with E-state index in [-0.39, 0.29) is 18.6 Å². The number of aliphatic hydroxyl groups excluding tert-OH is 1. The van der Waals surface area contributed by atoms with Gasteiger partial charge in [-0.3, -0.25) is 4.79 Å². The van der Waals surface area contributed by atoms with Crippen molar-refractivity contribution in [1.82, 2.24) is 5.32 Å². The Morgan fingerprint density at radius 1 is 1.30 bits per heavy atom. The topological polar surface area (TPSA) is 49.3 Å². The Morgan fingerprint density at radius 2 is 2.00 bits per heavy atom. The summed E-state index contributed by atoms with van der Waals surface area (Å²) in [5.74, 6) is -0.110. The van der Waals surface area contributed by atoms with Gasteiger partial charge in [-0.1, -0.05) is 30.3 Å². The average Bonchev–Trinajstić information content (AvgIpc) is 2.79. The summed E-state index contributed by atoms with van der Waals surface area (Å²) < 4.78 is 0. The average molecular weight is 289 g/mol. The van der Waals surface area contributed by atoms with Crippen molar-refractivity contribution in [3.8, 4) is 0 Å². The molecule has 1 unspecified atom stereocenters. The lowest BCUT2D eigenvalue weighted by Gasteiger charge is -2.15. The Hall–Kier alpha value is -1.65. The van der Waals surface area contributed by atoms with E-state index in [0.29, 0.717) is 11.3 Å². The second-order valence-corrected chi connectivity index (χ2v) is 6.15. The highest BCUT2D eigenvalue weighted by Gasteiger charge is 2.15. The third-order valence-electron chi connectivity index (χ3n) is 3.27. The summed E-state index contributed by atoms with van der Waals surface area (Å²) >= 11 is 1.49. The van der Waals surface area contributed by atoms with Crippen LogP contribution in [-0.4, -0.2) is 23.7 Å². The summed E-state index contributed by atoms with van der Waals surface area (Å²) in [5.41, 5.74) is 2.23. The van der Waals surface area contributed by atoms with Crippen molar-refractivity contribution in [3.05, 3.63) is 57.3 Å². The lowest BCUT2D eigenvalue weighted by atomic mass is 10.1. The number of carbonyl (C=O) groups excluding carboxylic acids is 1. The molecular formula is C16H19NO2S. The molecule has 1 aromatic carbocycles. The van der Waals surface area contributed by atoms with Gasteiger partial charge in [0.05, 0.1) is 17.5 Å². The van der Waals surface area contributed by atoms with Crippen LogP contribution < -0.4 is 5.32 Å². The summed E-state index contributed by atoms with van der Waals surface area (Å²) in [7, 11) is 0. The minimum Gasteiger partial charge on any atom is -0.394 e. The monoisotopic (exact) mass is 289 g/mol. The van der Waals surface area contributed by atoms with Gasteiger partial charge in [0.15, 0.2) is 0 Å². The van der Waals surface area contributed by atoms with Crippen LogP contribution in [0.15, 0.2) is 36.4 Å². The number of carbonyl (C=O) groups is 1. The predicted molar refractivity (Wildman–Crippen MR) is 82.3 cm³/mol. The molecule has 0 aliphatic heterocycles. The first kappa shape index (κ1) is 14.8. The van der Waals surface area contributed by atoms with Gasteiger partial charge < -0.3 is 10.4 Å². The van der Waals surface area contributed by atoms with Crippen LogP contribution in [0.4, 0.5) is 0 Å². The van der Waals surface area contributed by atoms with Crippen LogP contribution in [0.1, 0.15) is 25.7 Å². The number of rotatable bonds is 5. The van der Waals surface area contributed by atoms with Crippen molar-refractivity contribution in [3.63, 3.8) is 0 Å². The van der Waals surface area contributed by atoms with Crippen LogP contribution in [0.25, 0.3) is 0 Å². The standard InChI is InChI=1S/C16H19NO2S/c1-11-8-15(20-12(11)2)16(19)17-14(10-18)9-13-6-4-3-5-7-13/h3-8,14,18H,9-10H2,1-2H3,(H,17,19). The fourth-order valence-corrected chi connectivity index (χ4v) is 2.94. The number of nitrogens with one attached hydrogen (secondary N) is 1. The predicted octanol–water partition coefficient (Wildman–Crippen LogP) is 2.70. The Balaban J connectivity index is 2.01. The first-order chi connectivity index (χ1) is 9.60. The van der Waals surface area contributed by atoms with Gasteiger partial charge in [0.2, 0.25) is 0 Å². The maximum atomic E-state index is 12.2. The maximum absolute atomic E-state index is 12.2. The zero-order chi connectivity index (χ0) is 14.5. The van der Waals surface area contributed by atoms with E-state index in [1.807, 2.05) is 50.2 Å². The van der Waals surface area contributed by atoms with Gasteiger partial charge in [0.1, 0.15) is 0 Å². The summed E-state index contributed by atoms with van der Waals surface area (Å²) in [4.78, 5) is 14.0. The second kappa shape index (κ2) is 6.68. The molecule has 0 aliphatic rings. The quantitative estimate of drug-likeness (QED) is 0.889. The van der Waals surface area contributed by atoms with E-state index in [1.165, 1.54) is 11.3 Å². The molecular weight excluding hydrogens is 270 g/mol. The molecule has 0 aliphatic carbocycles. The van der Waals surface area contributed by atoms with Crippen LogP contribution in [0.3, 0.4) is 0 Å². The number of amides is 1. The Morgan fingerprint density at radius 3 is 2.55 bits per heavy atom. The molecule has 0 fully saturated rings. The molecule has 3 nitrogen and oxygen atoms in total. The fourth-order valence-electron chi connectivity index (χ4n) is 2.00. The Labute approximate surface area is 123 Å². The van der Waals surface area contributed by atoms with Crippen LogP contribution in [-0.2, 0) is 6.42 Å². The highest BCUT2D eigenvalue weighted by atomic mass is 32.1. The smallest absolute Gasteiger partial charge is 0.261 e. The summed E-state index contributed by atoms with van der Waals surface area (Å²) in [5, 5.41) is 12.3. The number of thiophene rings is 1. The van der Waals surface area contributed by atoms with Gasteiger partial charge in [-0.05, 0) is 37.5 Å². The molecule has 2 rings (SSSR count). The molecule has 0 spiro atoms. The normalized spacial score (nSPS) is 12.2. The lowest BCUT2D eigenvalue weighted by molar-refractivity contribution is 0.0920. The molecule has 2 aromatic rings. The Kier molecular flexibility index (Phi) is 4.93. The van der Waals surface area contributed by atoms with E-state index in [4.69, 9.17) is 0 Å². The first-order valence-corrected chi connectivity index (χ1v) is 7.44. The van der Waals surface area contributed by atoms with Crippen molar-refractivity contribution >= 4 is 17.2 Å². The fraction of sp³-hybridized carbons (Fsp3) is 0.312. The summed E-state index contributed by atoms with van der Waals surface area (Å²) in [6.45, 7) is 3.93. The van der Waals surface area contributed by atoms with Gasteiger partial charge in [0, 0.05) is 4.88 Å². The molecule has 1 aromatic heterocycles. The van der Waals surface area contributed by atoms with E-state index in [2.05, 4.69) is 5.32 Å². The SMILES string of the molecule is Cc1cc(C(=O)NC(CO)Cc2ccccc2)sc1C. The van der Waals surface area contributed by atoms with Gasteiger partial charge in [0.25, 0.3) is 5.91 Å². The number of aliphatic hydroxyl groups is 1. The molecule has 0 saturated heterocycles. The van der Waals surface area contributed by atoms with Crippen LogP contribution >= 0.6 is 11.3 Å². The van der Waals surface area contributed by atoms with Crippen LogP contribution in [0.2, 0.25) is 0 Å². The number of hydrogen-bond acceptors (Lipinski definition) is 3. The number of benzene rings is 1. The third kappa shape index (κ3) is 3.68. The molecule has 0 saturated carbocycles. The van der Waals surface area contributed by atoms with E-state index in [0.717, 1.165) is 16.0 Å². The second-order valence-electron chi connectivity index (χ2n) is 4.89. The molecule has 1 atom stereocenters. The molecule has 0 radical (unpaired) electrons. The molecule has 1 amide bonds. The van der Waals surface area contributed by atoms with Crippen molar-refractivity contribution in [2.24, 2.45) is 0 Å². The summed E-state index contributed by atoms with van der Waals surface area (Å²) in [6, 6.07) is 11.5. The number of aryl methyl sites for hydroxylation is 2. The van der Waals surface area contributed by atoms with Gasteiger partial charge in [-0.2, -0.15) is 0 Å². The van der Waals surface area contributed by atoms with E-state index in [1.54, 1.807) is 0 Å². The van der Waals surface area contributed by atoms with E-state index >= 15 is 0 Å². The zero-order valence-electron chi connectivity index (χ0n) is 11.7. The molecule has 1 heterocycles. The zero-order valence-corrected chi connectivity index (χ0v) is 12.5. The van der Waals surface area contributed by atoms with Gasteiger partial charge in [-0.15, -0.1) is 11.3 Å². The van der Waals surface area contributed by atoms with Crippen molar-refractivity contribution in [2.75, 3.05) is 6.61 Å². The van der Waals surface area contributed by atoms with Crippen molar-refractivity contribution in [1.29, 1.82) is 0 Å². The molecule has 4 heteroatoms. The molecule has 2 N–H and O–H groups in total. The highest BCUT2D eigenvalue weighted by molar-refractivity contribution is 7.14. The molecule has 20 heavy (non-hydrogen) atoms. The third-order valence-corrected chi connectivity index (χ3v) is 4.42. The van der Waals surface area contributed by atoms with Crippen LogP contribution in [0.5, 0.6) is 0 Å². The van der Waals surface area contributed by atoms with E-state index in [9.17, 15) is 9.90 Å². The van der Waals surface area contributed by atoms with Crippen LogP contribution in [0, 0.1) is 13.8 Å². The lowest BCUT2D eigenvalue weighted by Crippen LogP contribution is -2.38. The van der Waals surface area contributed by atoms with Crippen molar-refractivity contribution in [2.45, 2.75) is 26.3 Å². The van der Waals surface area contributed by atoms with Crippen molar-refractivity contribution < 1.29 is 9.90 Å². The van der Waals surface area contributed by atoms with Gasteiger partial charge in [-0.25, -0.2) is 0 Å². The molecule has 106 valence electrons. The summed E-state index contributed by atoms with van der Waals surface area (Å²) in [6.07, 6.45) is 0.631. The highest BCUT2D eigenvalue weighted by Crippen LogP contribution is 2.20. The van der Waals surface area contributed by atoms with Gasteiger partial charge >= 0.3 is 0 Å². The minimum atomic E-state index is -0.257. The molecule has 0 bridgehead atoms.